The molecule has 3 rings (SSSR count). The number of amides is 1. The highest BCUT2D eigenvalue weighted by molar-refractivity contribution is 7.91. The highest BCUT2D eigenvalue weighted by atomic mass is 32.2. The molecule has 0 spiro atoms. The minimum Gasteiger partial charge on any atom is -0.379 e. The molecule has 1 amide bonds. The molecule has 8 nitrogen and oxygen atoms in total. The third-order valence-electron chi connectivity index (χ3n) is 5.23. The molecule has 2 fully saturated rings. The van der Waals surface area contributed by atoms with Crippen molar-refractivity contribution in [1.82, 2.24) is 14.7 Å². The Hall–Kier alpha value is -1.52. The third kappa shape index (κ3) is 5.74. The smallest absolute Gasteiger partial charge is 0.223 e. The van der Waals surface area contributed by atoms with Gasteiger partial charge in [-0.05, 0) is 17.7 Å². The first kappa shape index (κ1) is 21.2. The van der Waals surface area contributed by atoms with Crippen molar-refractivity contribution >= 4 is 15.7 Å². The maximum atomic E-state index is 12.8. The van der Waals surface area contributed by atoms with Gasteiger partial charge in [0, 0.05) is 58.8 Å². The summed E-state index contributed by atoms with van der Waals surface area (Å²) >= 11 is 0. The molecule has 0 unspecified atom stereocenters. The maximum absolute atomic E-state index is 12.8. The summed E-state index contributed by atoms with van der Waals surface area (Å²) in [6.07, 6.45) is 0.342. The molecule has 9 heteroatoms. The van der Waals surface area contributed by atoms with Crippen molar-refractivity contribution < 1.29 is 17.9 Å². The molecular formula is C19H30N4O4S. The first-order valence-electron chi connectivity index (χ1n) is 9.80. The van der Waals surface area contributed by atoms with Gasteiger partial charge < -0.3 is 15.4 Å². The predicted molar refractivity (Wildman–Crippen MR) is 106 cm³/mol. The Balaban J connectivity index is 1.52. The van der Waals surface area contributed by atoms with Gasteiger partial charge in [0.25, 0.3) is 0 Å². The number of benzene rings is 1. The summed E-state index contributed by atoms with van der Waals surface area (Å²) in [4.78, 5) is 18.2. The lowest BCUT2D eigenvalue weighted by molar-refractivity contribution is -0.132. The molecule has 0 saturated carbocycles. The molecule has 0 aromatic heterocycles. The van der Waals surface area contributed by atoms with Crippen molar-refractivity contribution in [2.45, 2.75) is 17.9 Å². The zero-order valence-corrected chi connectivity index (χ0v) is 17.1. The minimum absolute atomic E-state index is 0.0191. The molecule has 1 aromatic carbocycles. The fourth-order valence-corrected chi connectivity index (χ4v) is 4.98. The van der Waals surface area contributed by atoms with Crippen LogP contribution in [0.1, 0.15) is 12.0 Å². The number of morpholine rings is 1. The van der Waals surface area contributed by atoms with Crippen LogP contribution >= 0.6 is 0 Å². The molecule has 0 radical (unpaired) electrons. The van der Waals surface area contributed by atoms with Gasteiger partial charge in [0.05, 0.1) is 18.1 Å². The molecule has 2 N–H and O–H groups in total. The lowest BCUT2D eigenvalue weighted by Gasteiger charge is -2.34. The van der Waals surface area contributed by atoms with Crippen LogP contribution in [0.25, 0.3) is 0 Å². The number of rotatable bonds is 7. The summed E-state index contributed by atoms with van der Waals surface area (Å²) in [5, 5.41) is 0. The summed E-state index contributed by atoms with van der Waals surface area (Å²) in [5.41, 5.74) is 6.53. The van der Waals surface area contributed by atoms with Crippen molar-refractivity contribution in [2.75, 3.05) is 64.9 Å². The summed E-state index contributed by atoms with van der Waals surface area (Å²) in [6, 6.07) is 7.19. The number of piperazine rings is 1. The summed E-state index contributed by atoms with van der Waals surface area (Å²) < 4.78 is 30.9. The summed E-state index contributed by atoms with van der Waals surface area (Å²) in [5.74, 6) is 0.0233. The predicted octanol–water partition coefficient (Wildman–Crippen LogP) is -0.257. The Labute approximate surface area is 167 Å². The summed E-state index contributed by atoms with van der Waals surface area (Å²) in [7, 11) is -3.39. The molecular weight excluding hydrogens is 380 g/mol. The van der Waals surface area contributed by atoms with Crippen LogP contribution in [-0.4, -0.2) is 93.9 Å². The second-order valence-corrected chi connectivity index (χ2v) is 9.27. The van der Waals surface area contributed by atoms with Crippen molar-refractivity contribution in [2.24, 2.45) is 5.73 Å². The maximum Gasteiger partial charge on any atom is 0.223 e. The van der Waals surface area contributed by atoms with E-state index in [0.29, 0.717) is 44.0 Å². The van der Waals surface area contributed by atoms with Crippen molar-refractivity contribution in [3.05, 3.63) is 29.8 Å². The van der Waals surface area contributed by atoms with Crippen LogP contribution in [0.4, 0.5) is 0 Å². The van der Waals surface area contributed by atoms with Crippen LogP contribution in [0.15, 0.2) is 29.2 Å². The van der Waals surface area contributed by atoms with Crippen molar-refractivity contribution in [3.63, 3.8) is 0 Å². The number of sulfone groups is 1. The van der Waals surface area contributed by atoms with Gasteiger partial charge in [0.2, 0.25) is 5.91 Å². The van der Waals surface area contributed by atoms with Crippen LogP contribution in [0, 0.1) is 0 Å². The molecule has 2 saturated heterocycles. The van der Waals surface area contributed by atoms with Gasteiger partial charge in [-0.3, -0.25) is 14.6 Å². The van der Waals surface area contributed by atoms with Crippen LogP contribution in [0.3, 0.4) is 0 Å². The van der Waals surface area contributed by atoms with Gasteiger partial charge >= 0.3 is 0 Å². The third-order valence-corrected chi connectivity index (χ3v) is 6.92. The molecule has 156 valence electrons. The zero-order valence-electron chi connectivity index (χ0n) is 16.3. The van der Waals surface area contributed by atoms with E-state index in [1.165, 1.54) is 0 Å². The fourth-order valence-electron chi connectivity index (χ4n) is 3.54. The number of hydrogen-bond acceptors (Lipinski definition) is 7. The van der Waals surface area contributed by atoms with Crippen LogP contribution in [-0.2, 0) is 25.9 Å². The second kappa shape index (κ2) is 9.80. The molecule has 0 aliphatic carbocycles. The van der Waals surface area contributed by atoms with E-state index in [2.05, 4.69) is 4.90 Å². The largest absolute Gasteiger partial charge is 0.379 e. The average Bonchev–Trinajstić information content (AvgIpc) is 2.70. The number of carbonyl (C=O) groups is 1. The number of carbonyl (C=O) groups excluding carboxylic acids is 1. The highest BCUT2D eigenvalue weighted by Gasteiger charge is 2.25. The van der Waals surface area contributed by atoms with E-state index in [1.807, 2.05) is 17.0 Å². The Kier molecular flexibility index (Phi) is 7.42. The van der Waals surface area contributed by atoms with Crippen LogP contribution in [0.5, 0.6) is 0 Å². The number of ether oxygens (including phenoxy) is 1. The molecule has 2 aliphatic heterocycles. The summed E-state index contributed by atoms with van der Waals surface area (Å²) in [6.45, 7) is 6.67. The monoisotopic (exact) mass is 410 g/mol. The molecule has 1 aromatic rings. The molecule has 2 heterocycles. The second-order valence-electron chi connectivity index (χ2n) is 7.31. The molecule has 0 atom stereocenters. The number of nitrogens with zero attached hydrogens (tertiary/aromatic N) is 3. The van der Waals surface area contributed by atoms with Gasteiger partial charge in [0.15, 0.2) is 9.84 Å². The van der Waals surface area contributed by atoms with Crippen molar-refractivity contribution in [3.8, 4) is 0 Å². The topological polar surface area (TPSA) is 96.2 Å². The minimum atomic E-state index is -3.39. The van der Waals surface area contributed by atoms with E-state index in [-0.39, 0.29) is 11.8 Å². The first-order valence-corrected chi connectivity index (χ1v) is 11.5. The van der Waals surface area contributed by atoms with Gasteiger partial charge in [-0.2, -0.15) is 0 Å². The number of nitrogens with two attached hydrogens (primary N) is 1. The number of hydrogen-bond donors (Lipinski definition) is 1. The normalized spacial score (nSPS) is 19.7. The Morgan fingerprint density at radius 3 is 2.21 bits per heavy atom. The highest BCUT2D eigenvalue weighted by Crippen LogP contribution is 2.16. The van der Waals surface area contributed by atoms with E-state index >= 15 is 0 Å². The van der Waals surface area contributed by atoms with Crippen LogP contribution in [0.2, 0.25) is 0 Å². The Morgan fingerprint density at radius 1 is 0.964 bits per heavy atom. The van der Waals surface area contributed by atoms with Gasteiger partial charge in [-0.15, -0.1) is 0 Å². The van der Waals surface area contributed by atoms with Gasteiger partial charge in [-0.1, -0.05) is 12.1 Å². The Morgan fingerprint density at radius 2 is 1.61 bits per heavy atom. The standard InChI is InChI=1S/C19H30N4O4S/c20-6-5-19(24)23-9-7-22(8-10-23)16-28(25,26)18-3-1-17(2-4-18)15-21-11-13-27-14-12-21/h1-4H,5-16,20H2. The average molecular weight is 411 g/mol. The van der Waals surface area contributed by atoms with Crippen molar-refractivity contribution in [1.29, 1.82) is 0 Å². The lowest BCUT2D eigenvalue weighted by Crippen LogP contribution is -2.50. The van der Waals surface area contributed by atoms with E-state index in [4.69, 9.17) is 10.5 Å². The first-order chi connectivity index (χ1) is 13.5. The van der Waals surface area contributed by atoms with E-state index in [1.54, 1.807) is 17.0 Å². The zero-order chi connectivity index (χ0) is 20.0. The van der Waals surface area contributed by atoms with Gasteiger partial charge in [0.1, 0.15) is 5.88 Å². The van der Waals surface area contributed by atoms with Crippen LogP contribution < -0.4 is 5.73 Å². The van der Waals surface area contributed by atoms with Gasteiger partial charge in [-0.25, -0.2) is 8.42 Å². The molecule has 2 aliphatic rings. The van der Waals surface area contributed by atoms with E-state index < -0.39 is 9.84 Å². The lowest BCUT2D eigenvalue weighted by atomic mass is 10.2. The van der Waals surface area contributed by atoms with E-state index in [0.717, 1.165) is 38.4 Å². The quantitative estimate of drug-likeness (QED) is 0.662. The SMILES string of the molecule is NCCC(=O)N1CCN(CS(=O)(=O)c2ccc(CN3CCOCC3)cc2)CC1. The fraction of sp³-hybridized carbons (Fsp3) is 0.632. The van der Waals surface area contributed by atoms with E-state index in [9.17, 15) is 13.2 Å². The molecule has 0 bridgehead atoms. The Bertz CT molecular complexity index is 740. The molecule has 28 heavy (non-hydrogen) atoms.